The van der Waals surface area contributed by atoms with E-state index in [4.69, 9.17) is 4.98 Å². The smallest absolute Gasteiger partial charge is 0.141 e. The van der Waals surface area contributed by atoms with Crippen LogP contribution in [0.15, 0.2) is 115 Å². The van der Waals surface area contributed by atoms with E-state index in [9.17, 15) is 0 Å². The number of hydrogen-bond acceptors (Lipinski definition) is 2. The molecule has 0 bridgehead atoms. The Balaban J connectivity index is 1.62. The van der Waals surface area contributed by atoms with Gasteiger partial charge >= 0.3 is 0 Å². The molecule has 3 heteroatoms. The molecule has 0 radical (unpaired) electrons. The van der Waals surface area contributed by atoms with E-state index >= 15 is 0 Å². The molecule has 0 aliphatic carbocycles. The quantitative estimate of drug-likeness (QED) is 0.270. The molecule has 0 atom stereocenters. The predicted molar refractivity (Wildman–Crippen MR) is 145 cm³/mol. The summed E-state index contributed by atoms with van der Waals surface area (Å²) in [7, 11) is 0. The summed E-state index contributed by atoms with van der Waals surface area (Å²) in [6.07, 6.45) is 1.90. The molecule has 0 saturated carbocycles. The lowest BCUT2D eigenvalue weighted by Gasteiger charge is -2.35. The van der Waals surface area contributed by atoms with Crippen LogP contribution in [0.2, 0.25) is 0 Å². The Labute approximate surface area is 204 Å². The van der Waals surface area contributed by atoms with Crippen LogP contribution in [0.25, 0.3) is 27.6 Å². The molecular weight excluding hydrogens is 426 g/mol. The van der Waals surface area contributed by atoms with Gasteiger partial charge in [0, 0.05) is 45.0 Å². The van der Waals surface area contributed by atoms with E-state index in [2.05, 4.69) is 133 Å². The maximum Gasteiger partial charge on any atom is 0.141 e. The highest BCUT2D eigenvalue weighted by molar-refractivity contribution is 6.13. The van der Waals surface area contributed by atoms with E-state index < -0.39 is 0 Å². The summed E-state index contributed by atoms with van der Waals surface area (Å²) in [4.78, 5) is 7.22. The van der Waals surface area contributed by atoms with Gasteiger partial charge in [0.25, 0.3) is 0 Å². The molecule has 0 fully saturated rings. The molecule has 3 nitrogen and oxygen atoms in total. The molecule has 0 N–H and O–H groups in total. The molecule has 7 rings (SSSR count). The van der Waals surface area contributed by atoms with Crippen molar-refractivity contribution in [3.05, 3.63) is 127 Å². The molecule has 168 valence electrons. The van der Waals surface area contributed by atoms with Crippen LogP contribution in [-0.2, 0) is 5.41 Å². The summed E-state index contributed by atoms with van der Waals surface area (Å²) in [6.45, 7) is 4.64. The second-order valence-electron chi connectivity index (χ2n) is 9.75. The second kappa shape index (κ2) is 7.31. The molecule has 0 amide bonds. The topological polar surface area (TPSA) is 21.1 Å². The lowest BCUT2D eigenvalue weighted by Crippen LogP contribution is -2.27. The minimum atomic E-state index is -0.193. The first-order chi connectivity index (χ1) is 17.1. The van der Waals surface area contributed by atoms with Gasteiger partial charge in [0.05, 0.1) is 11.0 Å². The minimum Gasteiger partial charge on any atom is -0.310 e. The number of fused-ring (bicyclic) bond motifs is 5. The van der Waals surface area contributed by atoms with Crippen LogP contribution in [0.3, 0.4) is 0 Å². The van der Waals surface area contributed by atoms with Gasteiger partial charge in [-0.05, 0) is 54.1 Å². The number of benzene rings is 4. The van der Waals surface area contributed by atoms with E-state index in [-0.39, 0.29) is 5.41 Å². The number of para-hydroxylation sites is 3. The van der Waals surface area contributed by atoms with Crippen molar-refractivity contribution in [1.82, 2.24) is 9.55 Å². The van der Waals surface area contributed by atoms with Crippen LogP contribution >= 0.6 is 0 Å². The van der Waals surface area contributed by atoms with Crippen molar-refractivity contribution < 1.29 is 0 Å². The van der Waals surface area contributed by atoms with Crippen LogP contribution in [0.1, 0.15) is 25.0 Å². The lowest BCUT2D eigenvalue weighted by molar-refractivity contribution is 0.624. The lowest BCUT2D eigenvalue weighted by atomic mass is 9.75. The van der Waals surface area contributed by atoms with E-state index in [1.165, 1.54) is 32.9 Å². The Bertz CT molecular complexity index is 1670. The third kappa shape index (κ3) is 2.82. The van der Waals surface area contributed by atoms with E-state index in [0.717, 1.165) is 22.9 Å². The molecule has 1 aliphatic heterocycles. The van der Waals surface area contributed by atoms with Gasteiger partial charge in [-0.15, -0.1) is 0 Å². The van der Waals surface area contributed by atoms with Crippen LogP contribution in [0.4, 0.5) is 17.1 Å². The van der Waals surface area contributed by atoms with Crippen LogP contribution in [0, 0.1) is 0 Å². The van der Waals surface area contributed by atoms with Gasteiger partial charge in [0.2, 0.25) is 0 Å². The van der Waals surface area contributed by atoms with Crippen LogP contribution in [0.5, 0.6) is 0 Å². The Morgan fingerprint density at radius 1 is 0.629 bits per heavy atom. The normalized spacial score (nSPS) is 13.7. The molecule has 6 aromatic rings. The Kier molecular flexibility index (Phi) is 4.19. The van der Waals surface area contributed by atoms with Gasteiger partial charge in [-0.3, -0.25) is 4.57 Å². The van der Waals surface area contributed by atoms with E-state index in [1.54, 1.807) is 0 Å². The van der Waals surface area contributed by atoms with Crippen molar-refractivity contribution in [3.63, 3.8) is 0 Å². The van der Waals surface area contributed by atoms with Gasteiger partial charge in [0.1, 0.15) is 5.82 Å². The summed E-state index contributed by atoms with van der Waals surface area (Å²) >= 11 is 0. The second-order valence-corrected chi connectivity index (χ2v) is 9.75. The van der Waals surface area contributed by atoms with Crippen molar-refractivity contribution in [2.24, 2.45) is 0 Å². The molecule has 0 saturated heterocycles. The Morgan fingerprint density at radius 3 is 2.00 bits per heavy atom. The maximum atomic E-state index is 4.87. The van der Waals surface area contributed by atoms with Gasteiger partial charge in [-0.2, -0.15) is 0 Å². The third-order valence-corrected chi connectivity index (χ3v) is 7.39. The zero-order valence-electron chi connectivity index (χ0n) is 19.8. The van der Waals surface area contributed by atoms with Gasteiger partial charge < -0.3 is 4.90 Å². The van der Waals surface area contributed by atoms with Gasteiger partial charge in [0.15, 0.2) is 0 Å². The number of nitrogens with zero attached hydrogens (tertiary/aromatic N) is 3. The fourth-order valence-corrected chi connectivity index (χ4v) is 5.72. The summed E-state index contributed by atoms with van der Waals surface area (Å²) in [5.74, 6) is 1.03. The first-order valence-electron chi connectivity index (χ1n) is 12.1. The molecule has 1 aliphatic rings. The standard InChI is InChI=1S/C32H25N3/c1-32(2)27-17-11-19-33-31(27)35-29-18-10-9-16-25(29)26-20-24(21-28(32)30(26)35)34(22-12-5-3-6-13-22)23-14-7-4-8-15-23/h3-21H,1-2H3. The predicted octanol–water partition coefficient (Wildman–Crippen LogP) is 8.29. The van der Waals surface area contributed by atoms with E-state index in [1.807, 2.05) is 6.20 Å². The summed E-state index contributed by atoms with van der Waals surface area (Å²) in [6, 6.07) is 39.0. The summed E-state index contributed by atoms with van der Waals surface area (Å²) in [5.41, 5.74) is 8.27. The molecule has 2 aromatic heterocycles. The monoisotopic (exact) mass is 451 g/mol. The number of aromatic nitrogens is 2. The fourth-order valence-electron chi connectivity index (χ4n) is 5.72. The Hall–Kier alpha value is -4.37. The van der Waals surface area contributed by atoms with Crippen LogP contribution < -0.4 is 4.90 Å². The zero-order chi connectivity index (χ0) is 23.6. The van der Waals surface area contributed by atoms with Crippen molar-refractivity contribution in [2.45, 2.75) is 19.3 Å². The van der Waals surface area contributed by atoms with Crippen LogP contribution in [-0.4, -0.2) is 9.55 Å². The molecule has 4 aromatic carbocycles. The first kappa shape index (κ1) is 20.0. The first-order valence-corrected chi connectivity index (χ1v) is 12.1. The highest BCUT2D eigenvalue weighted by atomic mass is 15.1. The maximum absolute atomic E-state index is 4.87. The largest absolute Gasteiger partial charge is 0.310 e. The molecule has 0 unspecified atom stereocenters. The molecule has 35 heavy (non-hydrogen) atoms. The fraction of sp³-hybridized carbons (Fsp3) is 0.0938. The SMILES string of the molecule is CC1(C)c2cccnc2-n2c3ccccc3c3cc(N(c4ccccc4)c4ccccc4)cc1c32. The molecule has 3 heterocycles. The summed E-state index contributed by atoms with van der Waals surface area (Å²) in [5, 5.41) is 2.51. The van der Waals surface area contributed by atoms with E-state index in [0.29, 0.717) is 0 Å². The van der Waals surface area contributed by atoms with Gasteiger partial charge in [-0.25, -0.2) is 4.98 Å². The number of hydrogen-bond donors (Lipinski definition) is 0. The average molecular weight is 452 g/mol. The van der Waals surface area contributed by atoms with Crippen molar-refractivity contribution in [3.8, 4) is 5.82 Å². The van der Waals surface area contributed by atoms with Gasteiger partial charge in [-0.1, -0.05) is 74.5 Å². The minimum absolute atomic E-state index is 0.193. The zero-order valence-corrected chi connectivity index (χ0v) is 19.8. The molecular formula is C32H25N3. The Morgan fingerprint density at radius 2 is 1.29 bits per heavy atom. The third-order valence-electron chi connectivity index (χ3n) is 7.39. The average Bonchev–Trinajstić information content (AvgIpc) is 3.24. The van der Waals surface area contributed by atoms with Crippen molar-refractivity contribution in [2.75, 3.05) is 4.90 Å². The van der Waals surface area contributed by atoms with Crippen molar-refractivity contribution in [1.29, 1.82) is 0 Å². The highest BCUT2D eigenvalue weighted by Gasteiger charge is 2.36. The number of rotatable bonds is 3. The molecule has 0 spiro atoms. The van der Waals surface area contributed by atoms with Crippen molar-refractivity contribution >= 4 is 38.9 Å². The number of pyridine rings is 1. The summed E-state index contributed by atoms with van der Waals surface area (Å²) < 4.78 is 2.36. The highest BCUT2D eigenvalue weighted by Crippen LogP contribution is 2.49. The number of anilines is 3.